The van der Waals surface area contributed by atoms with E-state index in [1.165, 1.54) is 16.6 Å². The molecule has 0 saturated carbocycles. The average Bonchev–Trinajstić information content (AvgIpc) is 3.07. The lowest BCUT2D eigenvalue weighted by Gasteiger charge is -2.35. The van der Waals surface area contributed by atoms with Crippen LogP contribution in [0.15, 0.2) is 41.3 Å². The highest BCUT2D eigenvalue weighted by Crippen LogP contribution is 2.36. The maximum atomic E-state index is 12.7. The molecule has 0 aliphatic carbocycles. The molecule has 2 aliphatic heterocycles. The first-order valence-electron chi connectivity index (χ1n) is 8.89. The summed E-state index contributed by atoms with van der Waals surface area (Å²) in [6, 6.07) is 11.7. The number of thioether (sulfide) groups is 1. The SMILES string of the molecule is O=C1Nc2ccccc2S[C@H]1CC(=O)N1CCN(Cc2ccc(Cl)s2)CC1. The van der Waals surface area contributed by atoms with Crippen molar-refractivity contribution in [1.29, 1.82) is 0 Å². The minimum Gasteiger partial charge on any atom is -0.340 e. The van der Waals surface area contributed by atoms with Gasteiger partial charge in [0.15, 0.2) is 0 Å². The van der Waals surface area contributed by atoms with Gasteiger partial charge < -0.3 is 10.2 Å². The fourth-order valence-corrected chi connectivity index (χ4v) is 5.56. The van der Waals surface area contributed by atoms with Crippen LogP contribution >= 0.6 is 34.7 Å². The Bertz CT molecular complexity index is 849. The van der Waals surface area contributed by atoms with E-state index in [2.05, 4.69) is 16.3 Å². The molecule has 27 heavy (non-hydrogen) atoms. The Balaban J connectivity index is 1.29. The van der Waals surface area contributed by atoms with Gasteiger partial charge in [-0.2, -0.15) is 0 Å². The van der Waals surface area contributed by atoms with Crippen LogP contribution in [0.1, 0.15) is 11.3 Å². The number of piperazine rings is 1. The molecule has 1 saturated heterocycles. The molecule has 2 amide bonds. The van der Waals surface area contributed by atoms with Crippen molar-refractivity contribution in [3.63, 3.8) is 0 Å². The second-order valence-corrected chi connectivity index (χ2v) is 9.70. The number of nitrogens with one attached hydrogen (secondary N) is 1. The van der Waals surface area contributed by atoms with Crippen molar-refractivity contribution in [1.82, 2.24) is 9.80 Å². The van der Waals surface area contributed by atoms with Crippen molar-refractivity contribution in [3.05, 3.63) is 45.6 Å². The molecular weight excluding hydrogens is 402 g/mol. The molecule has 0 spiro atoms. The highest BCUT2D eigenvalue weighted by atomic mass is 35.5. The Kier molecular flexibility index (Phi) is 5.73. The Hall–Kier alpha value is -1.54. The van der Waals surface area contributed by atoms with Gasteiger partial charge in [0, 0.05) is 48.9 Å². The van der Waals surface area contributed by atoms with E-state index in [4.69, 9.17) is 11.6 Å². The van der Waals surface area contributed by atoms with Crippen molar-refractivity contribution >= 4 is 52.2 Å². The molecule has 2 aromatic rings. The summed E-state index contributed by atoms with van der Waals surface area (Å²) in [7, 11) is 0. The number of hydrogen-bond donors (Lipinski definition) is 1. The summed E-state index contributed by atoms with van der Waals surface area (Å²) in [5.41, 5.74) is 0.832. The fraction of sp³-hybridized carbons (Fsp3) is 0.368. The largest absolute Gasteiger partial charge is 0.340 e. The zero-order valence-corrected chi connectivity index (χ0v) is 17.1. The van der Waals surface area contributed by atoms with Crippen LogP contribution < -0.4 is 5.32 Å². The Morgan fingerprint density at radius 2 is 1.93 bits per heavy atom. The van der Waals surface area contributed by atoms with E-state index in [0.717, 1.165) is 34.6 Å². The molecule has 0 radical (unpaired) electrons. The predicted octanol–water partition coefficient (Wildman–Crippen LogP) is 3.55. The third-order valence-electron chi connectivity index (χ3n) is 4.80. The number of benzene rings is 1. The molecule has 5 nitrogen and oxygen atoms in total. The smallest absolute Gasteiger partial charge is 0.238 e. The van der Waals surface area contributed by atoms with Gasteiger partial charge in [-0.25, -0.2) is 0 Å². The van der Waals surface area contributed by atoms with E-state index >= 15 is 0 Å². The summed E-state index contributed by atoms with van der Waals surface area (Å²) >= 11 is 9.07. The predicted molar refractivity (Wildman–Crippen MR) is 111 cm³/mol. The minimum absolute atomic E-state index is 0.0563. The van der Waals surface area contributed by atoms with E-state index in [0.29, 0.717) is 13.1 Å². The molecule has 2 aliphatic rings. The maximum absolute atomic E-state index is 12.7. The third kappa shape index (κ3) is 4.48. The lowest BCUT2D eigenvalue weighted by molar-refractivity contribution is -0.134. The summed E-state index contributed by atoms with van der Waals surface area (Å²) in [5.74, 6) is -0.0268. The van der Waals surface area contributed by atoms with Crippen molar-refractivity contribution in [3.8, 4) is 0 Å². The van der Waals surface area contributed by atoms with E-state index in [1.807, 2.05) is 35.2 Å². The summed E-state index contributed by atoms with van der Waals surface area (Å²) in [6.45, 7) is 3.96. The van der Waals surface area contributed by atoms with E-state index in [1.54, 1.807) is 11.3 Å². The van der Waals surface area contributed by atoms with Gasteiger partial charge in [0.2, 0.25) is 11.8 Å². The fourth-order valence-electron chi connectivity index (χ4n) is 3.33. The van der Waals surface area contributed by atoms with Crippen molar-refractivity contribution < 1.29 is 9.59 Å². The molecule has 0 bridgehead atoms. The summed E-state index contributed by atoms with van der Waals surface area (Å²) in [5, 5.41) is 2.54. The molecule has 4 rings (SSSR count). The molecule has 8 heteroatoms. The van der Waals surface area contributed by atoms with Crippen LogP contribution in [0.5, 0.6) is 0 Å². The molecule has 0 unspecified atom stereocenters. The van der Waals surface area contributed by atoms with Crippen LogP contribution in [0.25, 0.3) is 0 Å². The molecule has 142 valence electrons. The first-order chi connectivity index (χ1) is 13.1. The lowest BCUT2D eigenvalue weighted by Crippen LogP contribution is -2.49. The number of halogens is 1. The lowest BCUT2D eigenvalue weighted by atomic mass is 10.2. The number of carbonyl (C=O) groups is 2. The molecule has 1 aromatic carbocycles. The second kappa shape index (κ2) is 8.22. The second-order valence-electron chi connectivity index (χ2n) is 6.66. The number of carbonyl (C=O) groups excluding carboxylic acids is 2. The number of para-hydroxylation sites is 1. The zero-order chi connectivity index (χ0) is 18.8. The van der Waals surface area contributed by atoms with Gasteiger partial charge in [-0.1, -0.05) is 23.7 Å². The van der Waals surface area contributed by atoms with Gasteiger partial charge in [-0.15, -0.1) is 23.1 Å². The maximum Gasteiger partial charge on any atom is 0.238 e. The van der Waals surface area contributed by atoms with Crippen molar-refractivity contribution in [2.45, 2.75) is 23.1 Å². The minimum atomic E-state index is -0.362. The first-order valence-corrected chi connectivity index (χ1v) is 11.0. The summed E-state index contributed by atoms with van der Waals surface area (Å²) < 4.78 is 0.809. The number of rotatable bonds is 4. The Morgan fingerprint density at radius 1 is 1.15 bits per heavy atom. The highest BCUT2D eigenvalue weighted by molar-refractivity contribution is 8.01. The number of fused-ring (bicyclic) bond motifs is 1. The standard InChI is InChI=1S/C19H20ClN3O2S2/c20-17-6-5-13(26-17)12-22-7-9-23(10-8-22)18(24)11-16-19(25)21-14-3-1-2-4-15(14)27-16/h1-6,16H,7-12H2,(H,21,25)/t16-/m0/s1. The van der Waals surface area contributed by atoms with Crippen LogP contribution in [-0.2, 0) is 16.1 Å². The number of thiophene rings is 1. The zero-order valence-electron chi connectivity index (χ0n) is 14.7. The van der Waals surface area contributed by atoms with Crippen LogP contribution in [0.3, 0.4) is 0 Å². The molecule has 1 atom stereocenters. The van der Waals surface area contributed by atoms with Crippen LogP contribution in [-0.4, -0.2) is 53.0 Å². The van der Waals surface area contributed by atoms with Gasteiger partial charge in [-0.05, 0) is 24.3 Å². The molecule has 3 heterocycles. The van der Waals surface area contributed by atoms with Gasteiger partial charge in [0.25, 0.3) is 0 Å². The average molecular weight is 422 g/mol. The first kappa shape index (κ1) is 18.8. The van der Waals surface area contributed by atoms with Gasteiger partial charge in [-0.3, -0.25) is 14.5 Å². The van der Waals surface area contributed by atoms with Crippen molar-refractivity contribution in [2.75, 3.05) is 31.5 Å². The highest BCUT2D eigenvalue weighted by Gasteiger charge is 2.31. The quantitative estimate of drug-likeness (QED) is 0.820. The van der Waals surface area contributed by atoms with Gasteiger partial charge in [0.05, 0.1) is 15.3 Å². The number of nitrogens with zero attached hydrogens (tertiary/aromatic N) is 2. The molecular formula is C19H20ClN3O2S2. The van der Waals surface area contributed by atoms with Crippen LogP contribution in [0.2, 0.25) is 4.34 Å². The number of amides is 2. The topological polar surface area (TPSA) is 52.7 Å². The molecule has 1 aromatic heterocycles. The Labute approximate surface area is 171 Å². The van der Waals surface area contributed by atoms with E-state index in [-0.39, 0.29) is 23.5 Å². The van der Waals surface area contributed by atoms with Crippen LogP contribution in [0.4, 0.5) is 5.69 Å². The number of hydrogen-bond acceptors (Lipinski definition) is 5. The van der Waals surface area contributed by atoms with Crippen molar-refractivity contribution in [2.24, 2.45) is 0 Å². The monoisotopic (exact) mass is 421 g/mol. The molecule has 1 fully saturated rings. The molecule has 1 N–H and O–H groups in total. The number of anilines is 1. The summed E-state index contributed by atoms with van der Waals surface area (Å²) in [6.07, 6.45) is 0.241. The van der Waals surface area contributed by atoms with Gasteiger partial charge in [0.1, 0.15) is 0 Å². The van der Waals surface area contributed by atoms with Gasteiger partial charge >= 0.3 is 0 Å². The summed E-state index contributed by atoms with van der Waals surface area (Å²) in [4.78, 5) is 31.5. The van der Waals surface area contributed by atoms with E-state index in [9.17, 15) is 9.59 Å². The Morgan fingerprint density at radius 3 is 2.67 bits per heavy atom. The van der Waals surface area contributed by atoms with Crippen LogP contribution in [0, 0.1) is 0 Å². The normalized spacial score (nSPS) is 20.3. The third-order valence-corrected chi connectivity index (χ3v) is 7.29. The van der Waals surface area contributed by atoms with E-state index < -0.39 is 0 Å².